The summed E-state index contributed by atoms with van der Waals surface area (Å²) in [5.41, 5.74) is 1.79. The number of nitrogens with one attached hydrogen (secondary N) is 1. The number of rotatable bonds is 15. The molecular weight excluding hydrogens is 657 g/mol. The SMILES string of the molecule is CCOc1ccc(N(CC(=O)N(Cc2cccc(Cl)c2)C(Cc2ccccc2)C(=O)NCC(C)C)S(=O)(=O)c2ccc(Cl)cc2)cc1. The van der Waals surface area contributed by atoms with Gasteiger partial charge in [0.2, 0.25) is 11.8 Å². The Hall–Kier alpha value is -4.05. The quantitative estimate of drug-likeness (QED) is 0.145. The van der Waals surface area contributed by atoms with Crippen molar-refractivity contribution >= 4 is 50.7 Å². The Morgan fingerprint density at radius 3 is 2.11 bits per heavy atom. The van der Waals surface area contributed by atoms with Crippen molar-refractivity contribution in [1.82, 2.24) is 10.2 Å². The molecule has 1 atom stereocenters. The lowest BCUT2D eigenvalue weighted by Crippen LogP contribution is -2.53. The molecule has 0 aliphatic carbocycles. The van der Waals surface area contributed by atoms with E-state index in [1.165, 1.54) is 29.2 Å². The van der Waals surface area contributed by atoms with Crippen molar-refractivity contribution in [2.45, 2.75) is 44.7 Å². The van der Waals surface area contributed by atoms with Crippen LogP contribution in [0.4, 0.5) is 5.69 Å². The number of benzene rings is 4. The topological polar surface area (TPSA) is 96.0 Å². The van der Waals surface area contributed by atoms with E-state index < -0.39 is 28.5 Å². The number of carbonyl (C=O) groups excluding carboxylic acids is 2. The Kier molecular flexibility index (Phi) is 12.7. The molecule has 0 aliphatic heterocycles. The number of amides is 2. The van der Waals surface area contributed by atoms with Crippen LogP contribution in [0.3, 0.4) is 0 Å². The summed E-state index contributed by atoms with van der Waals surface area (Å²) in [7, 11) is -4.27. The number of anilines is 1. The van der Waals surface area contributed by atoms with Gasteiger partial charge in [-0.05, 0) is 84.6 Å². The molecule has 1 unspecified atom stereocenters. The fourth-order valence-corrected chi connectivity index (χ4v) is 6.70. The van der Waals surface area contributed by atoms with Crippen molar-refractivity contribution in [1.29, 1.82) is 0 Å². The number of sulfonamides is 1. The summed E-state index contributed by atoms with van der Waals surface area (Å²) in [6.45, 7) is 6.10. The molecule has 4 aromatic carbocycles. The minimum Gasteiger partial charge on any atom is -0.494 e. The molecule has 11 heteroatoms. The lowest BCUT2D eigenvalue weighted by molar-refractivity contribution is -0.140. The zero-order valence-corrected chi connectivity index (χ0v) is 28.9. The summed E-state index contributed by atoms with van der Waals surface area (Å²) in [4.78, 5) is 29.8. The molecule has 0 fully saturated rings. The Bertz CT molecular complexity index is 1730. The predicted octanol–water partition coefficient (Wildman–Crippen LogP) is 7.00. The van der Waals surface area contributed by atoms with E-state index in [-0.39, 0.29) is 35.4 Å². The maximum atomic E-state index is 14.6. The van der Waals surface area contributed by atoms with Crippen LogP contribution in [0.15, 0.2) is 108 Å². The lowest BCUT2D eigenvalue weighted by Gasteiger charge is -2.34. The van der Waals surface area contributed by atoms with E-state index in [0.717, 1.165) is 9.87 Å². The lowest BCUT2D eigenvalue weighted by atomic mass is 10.0. The van der Waals surface area contributed by atoms with Gasteiger partial charge in [-0.1, -0.05) is 79.5 Å². The van der Waals surface area contributed by atoms with Gasteiger partial charge in [0.25, 0.3) is 10.0 Å². The molecule has 0 saturated heterocycles. The third kappa shape index (κ3) is 9.97. The molecule has 0 aliphatic rings. The highest BCUT2D eigenvalue weighted by Crippen LogP contribution is 2.28. The molecule has 1 N–H and O–H groups in total. The van der Waals surface area contributed by atoms with Gasteiger partial charge in [-0.15, -0.1) is 0 Å². The minimum absolute atomic E-state index is 0.0180. The zero-order valence-electron chi connectivity index (χ0n) is 26.6. The summed E-state index contributed by atoms with van der Waals surface area (Å²) in [5.74, 6) is -0.185. The highest BCUT2D eigenvalue weighted by atomic mass is 35.5. The predicted molar refractivity (Wildman–Crippen MR) is 187 cm³/mol. The average Bonchev–Trinajstić information content (AvgIpc) is 3.05. The van der Waals surface area contributed by atoms with Crippen molar-refractivity contribution in [3.8, 4) is 5.75 Å². The normalized spacial score (nSPS) is 12.0. The monoisotopic (exact) mass is 695 g/mol. The molecule has 0 heterocycles. The first kappa shape index (κ1) is 35.8. The van der Waals surface area contributed by atoms with Crippen LogP contribution in [0.25, 0.3) is 0 Å². The molecule has 248 valence electrons. The average molecular weight is 697 g/mol. The van der Waals surface area contributed by atoms with Crippen molar-refractivity contribution < 1.29 is 22.7 Å². The summed E-state index contributed by atoms with van der Waals surface area (Å²) >= 11 is 12.4. The maximum absolute atomic E-state index is 14.6. The fourth-order valence-electron chi connectivity index (χ4n) is 4.95. The smallest absolute Gasteiger partial charge is 0.264 e. The van der Waals surface area contributed by atoms with Crippen molar-refractivity contribution in [2.75, 3.05) is 24.0 Å². The van der Waals surface area contributed by atoms with Crippen LogP contribution < -0.4 is 14.4 Å². The number of ether oxygens (including phenoxy) is 1. The summed E-state index contributed by atoms with van der Waals surface area (Å²) in [6, 6.07) is 27.7. The Morgan fingerprint density at radius 2 is 1.49 bits per heavy atom. The van der Waals surface area contributed by atoms with Gasteiger partial charge in [0, 0.05) is 29.6 Å². The number of carbonyl (C=O) groups is 2. The highest BCUT2D eigenvalue weighted by Gasteiger charge is 2.34. The van der Waals surface area contributed by atoms with E-state index in [0.29, 0.717) is 34.5 Å². The van der Waals surface area contributed by atoms with Crippen LogP contribution in [0, 0.1) is 5.92 Å². The molecule has 47 heavy (non-hydrogen) atoms. The van der Waals surface area contributed by atoms with Crippen LogP contribution in [0.5, 0.6) is 5.75 Å². The molecule has 0 aromatic heterocycles. The maximum Gasteiger partial charge on any atom is 0.264 e. The standard InChI is InChI=1S/C36H39Cl2N3O5S/c1-4-46-32-17-15-31(16-18-32)41(47(44,45)33-19-13-29(37)14-20-33)25-35(42)40(24-28-11-8-12-30(38)21-28)34(36(43)39-23-26(2)3)22-27-9-6-5-7-10-27/h5-21,26,34H,4,22-25H2,1-3H3,(H,39,43). The molecule has 2 amide bonds. The summed E-state index contributed by atoms with van der Waals surface area (Å²) in [5, 5.41) is 3.83. The van der Waals surface area contributed by atoms with Crippen molar-refractivity contribution in [3.05, 3.63) is 124 Å². The molecule has 0 bridgehead atoms. The molecule has 4 aromatic rings. The minimum atomic E-state index is -4.27. The van der Waals surface area contributed by atoms with Gasteiger partial charge in [-0.3, -0.25) is 13.9 Å². The third-order valence-corrected chi connectivity index (χ3v) is 9.59. The van der Waals surface area contributed by atoms with E-state index in [4.69, 9.17) is 27.9 Å². The van der Waals surface area contributed by atoms with Gasteiger partial charge in [0.15, 0.2) is 0 Å². The Labute approximate surface area is 287 Å². The van der Waals surface area contributed by atoms with Gasteiger partial charge in [-0.2, -0.15) is 0 Å². The van der Waals surface area contributed by atoms with Crippen LogP contribution in [-0.4, -0.2) is 50.9 Å². The summed E-state index contributed by atoms with van der Waals surface area (Å²) < 4.78 is 35.0. The third-order valence-electron chi connectivity index (χ3n) is 7.31. The van der Waals surface area contributed by atoms with Crippen LogP contribution in [0.1, 0.15) is 31.9 Å². The number of halogens is 2. The molecule has 0 spiro atoms. The van der Waals surface area contributed by atoms with E-state index >= 15 is 0 Å². The van der Waals surface area contributed by atoms with E-state index in [2.05, 4.69) is 5.32 Å². The van der Waals surface area contributed by atoms with Crippen molar-refractivity contribution in [3.63, 3.8) is 0 Å². The van der Waals surface area contributed by atoms with E-state index in [1.54, 1.807) is 42.5 Å². The molecule has 0 saturated carbocycles. The van der Waals surface area contributed by atoms with Gasteiger partial charge < -0.3 is 15.0 Å². The second kappa shape index (κ2) is 16.7. The number of nitrogens with zero attached hydrogens (tertiary/aromatic N) is 2. The van der Waals surface area contributed by atoms with Gasteiger partial charge in [0.05, 0.1) is 17.2 Å². The van der Waals surface area contributed by atoms with Crippen LogP contribution >= 0.6 is 23.2 Å². The van der Waals surface area contributed by atoms with E-state index in [9.17, 15) is 18.0 Å². The van der Waals surface area contributed by atoms with Crippen LogP contribution in [-0.2, 0) is 32.6 Å². The Balaban J connectivity index is 1.80. The van der Waals surface area contributed by atoms with Gasteiger partial charge in [0.1, 0.15) is 18.3 Å². The zero-order chi connectivity index (χ0) is 34.0. The first-order valence-corrected chi connectivity index (χ1v) is 17.5. The van der Waals surface area contributed by atoms with E-state index in [1.807, 2.05) is 57.2 Å². The second-order valence-corrected chi connectivity index (χ2v) is 14.1. The second-order valence-electron chi connectivity index (χ2n) is 11.4. The van der Waals surface area contributed by atoms with Crippen LogP contribution in [0.2, 0.25) is 10.0 Å². The molecule has 8 nitrogen and oxygen atoms in total. The summed E-state index contributed by atoms with van der Waals surface area (Å²) in [6.07, 6.45) is 0.212. The fraction of sp³-hybridized carbons (Fsp3) is 0.278. The Morgan fingerprint density at radius 1 is 0.830 bits per heavy atom. The number of hydrogen-bond acceptors (Lipinski definition) is 5. The van der Waals surface area contributed by atoms with Crippen molar-refractivity contribution in [2.24, 2.45) is 5.92 Å². The van der Waals surface area contributed by atoms with Gasteiger partial charge in [-0.25, -0.2) is 8.42 Å². The highest BCUT2D eigenvalue weighted by molar-refractivity contribution is 7.92. The molecule has 0 radical (unpaired) electrons. The number of hydrogen-bond donors (Lipinski definition) is 1. The first-order valence-electron chi connectivity index (χ1n) is 15.3. The molecular formula is C36H39Cl2N3O5S. The largest absolute Gasteiger partial charge is 0.494 e. The first-order chi connectivity index (χ1) is 22.5. The van der Waals surface area contributed by atoms with Gasteiger partial charge >= 0.3 is 0 Å². The molecule has 4 rings (SSSR count).